The van der Waals surface area contributed by atoms with E-state index in [1.807, 2.05) is 6.07 Å². The first kappa shape index (κ1) is 11.2. The number of benzene rings is 1. The molecule has 0 heterocycles. The molecule has 3 heteroatoms. The largest absolute Gasteiger partial charge is 0.508 e. The van der Waals surface area contributed by atoms with Gasteiger partial charge in [-0.15, -0.1) is 0 Å². The van der Waals surface area contributed by atoms with Gasteiger partial charge in [0.2, 0.25) is 0 Å². The van der Waals surface area contributed by atoms with Gasteiger partial charge < -0.3 is 11.3 Å². The predicted octanol–water partition coefficient (Wildman–Crippen LogP) is 1.67. The van der Waals surface area contributed by atoms with E-state index in [1.54, 1.807) is 24.3 Å². The second kappa shape index (κ2) is 5.47. The SMILES string of the molecule is N.Oc1ccccc1.S. The van der Waals surface area contributed by atoms with E-state index in [-0.39, 0.29) is 19.6 Å². The normalized spacial score (nSPS) is 6.67. The van der Waals surface area contributed by atoms with Gasteiger partial charge in [-0.05, 0) is 12.1 Å². The summed E-state index contributed by atoms with van der Waals surface area (Å²) in [7, 11) is 0. The minimum atomic E-state index is 0. The van der Waals surface area contributed by atoms with Crippen LogP contribution in [-0.2, 0) is 0 Å². The number of para-hydroxylation sites is 1. The van der Waals surface area contributed by atoms with E-state index in [0.717, 1.165) is 0 Å². The molecular weight excluding hydrogens is 134 g/mol. The maximum absolute atomic E-state index is 8.63. The Morgan fingerprint density at radius 1 is 1.00 bits per heavy atom. The average molecular weight is 145 g/mol. The van der Waals surface area contributed by atoms with Crippen LogP contribution in [0.2, 0.25) is 0 Å². The van der Waals surface area contributed by atoms with Crippen LogP contribution in [0.3, 0.4) is 0 Å². The van der Waals surface area contributed by atoms with Crippen molar-refractivity contribution in [1.29, 1.82) is 0 Å². The van der Waals surface area contributed by atoms with E-state index in [9.17, 15) is 0 Å². The maximum Gasteiger partial charge on any atom is 0.115 e. The van der Waals surface area contributed by atoms with Crippen molar-refractivity contribution in [1.82, 2.24) is 6.15 Å². The minimum absolute atomic E-state index is 0. The van der Waals surface area contributed by atoms with Crippen LogP contribution in [0.4, 0.5) is 0 Å². The summed E-state index contributed by atoms with van der Waals surface area (Å²) in [6, 6.07) is 8.71. The molecule has 0 bridgehead atoms. The van der Waals surface area contributed by atoms with E-state index >= 15 is 0 Å². The zero-order valence-corrected chi connectivity index (χ0v) is 6.04. The zero-order chi connectivity index (χ0) is 5.11. The Morgan fingerprint density at radius 3 is 1.67 bits per heavy atom. The average Bonchev–Trinajstić information content (AvgIpc) is 1.69. The summed E-state index contributed by atoms with van der Waals surface area (Å²) in [4.78, 5) is 0. The molecule has 0 atom stereocenters. The van der Waals surface area contributed by atoms with Gasteiger partial charge in [-0.1, -0.05) is 18.2 Å². The van der Waals surface area contributed by atoms with E-state index in [1.165, 1.54) is 0 Å². The van der Waals surface area contributed by atoms with Gasteiger partial charge in [0, 0.05) is 0 Å². The molecule has 9 heavy (non-hydrogen) atoms. The lowest BCUT2D eigenvalue weighted by Gasteiger charge is -1.82. The first-order chi connectivity index (χ1) is 3.39. The lowest BCUT2D eigenvalue weighted by atomic mass is 10.3. The molecule has 2 nitrogen and oxygen atoms in total. The number of hydrogen-bond acceptors (Lipinski definition) is 2. The predicted molar refractivity (Wildman–Crippen MR) is 43.5 cm³/mol. The molecule has 4 N–H and O–H groups in total. The van der Waals surface area contributed by atoms with Crippen molar-refractivity contribution in [2.75, 3.05) is 0 Å². The molecule has 0 radical (unpaired) electrons. The van der Waals surface area contributed by atoms with Crippen molar-refractivity contribution in [3.05, 3.63) is 30.3 Å². The van der Waals surface area contributed by atoms with Crippen molar-refractivity contribution in [3.63, 3.8) is 0 Å². The molecule has 0 aliphatic carbocycles. The highest BCUT2D eigenvalue weighted by Crippen LogP contribution is 2.02. The van der Waals surface area contributed by atoms with Gasteiger partial charge in [-0.3, -0.25) is 0 Å². The summed E-state index contributed by atoms with van der Waals surface area (Å²) in [5, 5.41) is 8.63. The highest BCUT2D eigenvalue weighted by Gasteiger charge is 1.74. The van der Waals surface area contributed by atoms with Crippen molar-refractivity contribution in [2.45, 2.75) is 0 Å². The monoisotopic (exact) mass is 145 g/mol. The molecule has 0 aromatic heterocycles. The fraction of sp³-hybridized carbons (Fsp3) is 0. The van der Waals surface area contributed by atoms with Crippen LogP contribution in [0.5, 0.6) is 5.75 Å². The second-order valence-electron chi connectivity index (χ2n) is 1.34. The van der Waals surface area contributed by atoms with Gasteiger partial charge >= 0.3 is 0 Å². The quantitative estimate of drug-likeness (QED) is 0.583. The van der Waals surface area contributed by atoms with Crippen LogP contribution in [0.1, 0.15) is 0 Å². The highest BCUT2D eigenvalue weighted by atomic mass is 32.1. The third kappa shape index (κ3) is 3.88. The Bertz CT molecular complexity index is 143. The molecule has 0 spiro atoms. The summed E-state index contributed by atoms with van der Waals surface area (Å²) in [6.45, 7) is 0. The Hall–Kier alpha value is -0.670. The molecule has 0 amide bonds. The molecule has 0 unspecified atom stereocenters. The van der Waals surface area contributed by atoms with Crippen LogP contribution < -0.4 is 6.15 Å². The van der Waals surface area contributed by atoms with Gasteiger partial charge in [-0.2, -0.15) is 13.5 Å². The van der Waals surface area contributed by atoms with Crippen LogP contribution in [0, 0.1) is 0 Å². The summed E-state index contributed by atoms with van der Waals surface area (Å²) >= 11 is 0. The van der Waals surface area contributed by atoms with Crippen molar-refractivity contribution in [2.24, 2.45) is 0 Å². The minimum Gasteiger partial charge on any atom is -0.508 e. The molecule has 1 rings (SSSR count). The van der Waals surface area contributed by atoms with Gasteiger partial charge in [0.1, 0.15) is 5.75 Å². The van der Waals surface area contributed by atoms with Crippen molar-refractivity contribution < 1.29 is 5.11 Å². The highest BCUT2D eigenvalue weighted by molar-refractivity contribution is 7.59. The number of aromatic hydroxyl groups is 1. The van der Waals surface area contributed by atoms with Gasteiger partial charge in [0.05, 0.1) is 0 Å². The molecule has 0 aliphatic rings. The number of phenolic OH excluding ortho intramolecular Hbond substituents is 1. The molecule has 0 saturated heterocycles. The third-order valence-electron chi connectivity index (χ3n) is 0.756. The topological polar surface area (TPSA) is 55.2 Å². The van der Waals surface area contributed by atoms with Crippen molar-refractivity contribution in [3.8, 4) is 5.75 Å². The third-order valence-corrected chi connectivity index (χ3v) is 0.756. The Labute approximate surface area is 61.6 Å². The Balaban J connectivity index is 0. The molecule has 1 aromatic carbocycles. The number of hydrogen-bond donors (Lipinski definition) is 2. The Kier molecular flexibility index (Phi) is 6.78. The second-order valence-corrected chi connectivity index (χ2v) is 1.34. The van der Waals surface area contributed by atoms with Crippen LogP contribution in [0.15, 0.2) is 30.3 Å². The van der Waals surface area contributed by atoms with Gasteiger partial charge in [0.15, 0.2) is 0 Å². The van der Waals surface area contributed by atoms with Crippen LogP contribution in [-0.4, -0.2) is 5.11 Å². The summed E-state index contributed by atoms with van der Waals surface area (Å²) in [6.07, 6.45) is 0. The molecule has 1 aromatic rings. The van der Waals surface area contributed by atoms with Crippen molar-refractivity contribution >= 4 is 13.5 Å². The summed E-state index contributed by atoms with van der Waals surface area (Å²) in [5.41, 5.74) is 0. The fourth-order valence-corrected chi connectivity index (χ4v) is 0.428. The molecule has 0 fully saturated rings. The maximum atomic E-state index is 8.63. The smallest absolute Gasteiger partial charge is 0.115 e. The van der Waals surface area contributed by atoms with E-state index < -0.39 is 0 Å². The Morgan fingerprint density at radius 2 is 1.44 bits per heavy atom. The first-order valence-electron chi connectivity index (χ1n) is 2.13. The standard InChI is InChI=1S/C6H6O.H3N.H2S/c7-6-4-2-1-3-5-6;;/h1-5,7H;1H3;1H2. The number of rotatable bonds is 0. The van der Waals surface area contributed by atoms with E-state index in [2.05, 4.69) is 0 Å². The summed E-state index contributed by atoms with van der Waals surface area (Å²) < 4.78 is 0. The molecular formula is C6H11NOS. The van der Waals surface area contributed by atoms with Crippen LogP contribution >= 0.6 is 13.5 Å². The first-order valence-corrected chi connectivity index (χ1v) is 2.13. The summed E-state index contributed by atoms with van der Waals surface area (Å²) in [5.74, 6) is 0.322. The lowest BCUT2D eigenvalue weighted by Crippen LogP contribution is -1.56. The molecule has 52 valence electrons. The van der Waals surface area contributed by atoms with Crippen LogP contribution in [0.25, 0.3) is 0 Å². The fourth-order valence-electron chi connectivity index (χ4n) is 0.428. The number of phenols is 1. The molecule has 0 saturated carbocycles. The van der Waals surface area contributed by atoms with Gasteiger partial charge in [-0.25, -0.2) is 0 Å². The van der Waals surface area contributed by atoms with E-state index in [0.29, 0.717) is 5.75 Å². The lowest BCUT2D eigenvalue weighted by molar-refractivity contribution is 0.475. The van der Waals surface area contributed by atoms with Gasteiger partial charge in [0.25, 0.3) is 0 Å². The molecule has 0 aliphatic heterocycles. The zero-order valence-electron chi connectivity index (χ0n) is 5.04. The van der Waals surface area contributed by atoms with E-state index in [4.69, 9.17) is 5.11 Å².